The van der Waals surface area contributed by atoms with Gasteiger partial charge in [0.2, 0.25) is 5.96 Å². The Kier molecular flexibility index (Phi) is 7.75. The molecule has 0 aromatic heterocycles. The number of anilines is 1. The maximum atomic E-state index is 11.0. The van der Waals surface area contributed by atoms with Crippen molar-refractivity contribution in [2.24, 2.45) is 10.7 Å². The number of amides is 2. The van der Waals surface area contributed by atoms with Gasteiger partial charge in [-0.25, -0.2) is 4.79 Å². The van der Waals surface area contributed by atoms with Gasteiger partial charge in [-0.05, 0) is 31.0 Å². The fraction of sp³-hybridized carbons (Fsp3) is 0.222. The average Bonchev–Trinajstić information content (AvgIpc) is 2.57. The highest BCUT2D eigenvalue weighted by molar-refractivity contribution is 6.04. The zero-order valence-corrected chi connectivity index (χ0v) is 15.3. The number of benzene rings is 2. The van der Waals surface area contributed by atoms with Crippen molar-refractivity contribution in [2.45, 2.75) is 20.5 Å². The molecule has 2 aromatic carbocycles. The highest BCUT2D eigenvalue weighted by Gasteiger charge is 2.11. The van der Waals surface area contributed by atoms with Gasteiger partial charge in [-0.3, -0.25) is 10.3 Å². The van der Waals surface area contributed by atoms with Gasteiger partial charge in [0.25, 0.3) is 0 Å². The van der Waals surface area contributed by atoms with E-state index in [1.807, 2.05) is 56.3 Å². The lowest BCUT2D eigenvalue weighted by Crippen LogP contribution is -2.39. The fourth-order valence-electron chi connectivity index (χ4n) is 2.29. The summed E-state index contributed by atoms with van der Waals surface area (Å²) >= 11 is 0. The van der Waals surface area contributed by atoms with E-state index in [0.29, 0.717) is 6.61 Å². The molecule has 0 aliphatic rings. The van der Waals surface area contributed by atoms with E-state index in [1.54, 1.807) is 7.05 Å². The molecule has 4 N–H and O–H groups in total. The first-order valence-corrected chi connectivity index (χ1v) is 7.58. The number of aryl methyl sites for hydroxylation is 1. The van der Waals surface area contributed by atoms with Crippen LogP contribution in [0.4, 0.5) is 10.5 Å². The van der Waals surface area contributed by atoms with Gasteiger partial charge >= 0.3 is 6.03 Å². The number of halogens is 1. The monoisotopic (exact) mass is 362 g/mol. The van der Waals surface area contributed by atoms with Crippen LogP contribution < -0.4 is 21.1 Å². The number of nitrogens with two attached hydrogens (primary N) is 1. The van der Waals surface area contributed by atoms with Crippen molar-refractivity contribution in [3.05, 3.63) is 59.2 Å². The molecular weight excluding hydrogens is 340 g/mol. The molecule has 0 saturated carbocycles. The predicted molar refractivity (Wildman–Crippen MR) is 104 cm³/mol. The van der Waals surface area contributed by atoms with Gasteiger partial charge in [-0.2, -0.15) is 0 Å². The van der Waals surface area contributed by atoms with Gasteiger partial charge in [0, 0.05) is 12.6 Å². The van der Waals surface area contributed by atoms with Gasteiger partial charge in [0.15, 0.2) is 0 Å². The summed E-state index contributed by atoms with van der Waals surface area (Å²) in [6.07, 6.45) is 0. The van der Waals surface area contributed by atoms with Crippen LogP contribution in [0.25, 0.3) is 0 Å². The van der Waals surface area contributed by atoms with Crippen LogP contribution in [0.2, 0.25) is 0 Å². The molecule has 0 atom stereocenters. The van der Waals surface area contributed by atoms with Crippen LogP contribution in [0, 0.1) is 13.8 Å². The molecule has 2 aromatic rings. The Bertz CT molecular complexity index is 748. The lowest BCUT2D eigenvalue weighted by Gasteiger charge is -2.17. The number of urea groups is 1. The largest absolute Gasteiger partial charge is 0.489 e. The van der Waals surface area contributed by atoms with Gasteiger partial charge < -0.3 is 15.8 Å². The Morgan fingerprint density at radius 2 is 1.84 bits per heavy atom. The minimum absolute atomic E-state index is 0. The second-order valence-electron chi connectivity index (χ2n) is 5.34. The summed E-state index contributed by atoms with van der Waals surface area (Å²) in [5.74, 6) is 1.05. The number of ether oxygens (including phenoxy) is 1. The molecule has 0 aliphatic heterocycles. The van der Waals surface area contributed by atoms with Crippen LogP contribution >= 0.6 is 12.4 Å². The minimum Gasteiger partial charge on any atom is -0.489 e. The van der Waals surface area contributed by atoms with Crippen molar-refractivity contribution in [1.82, 2.24) is 5.32 Å². The van der Waals surface area contributed by atoms with Crippen molar-refractivity contribution < 1.29 is 9.53 Å². The SMILES string of the molecule is CN=C(NC(N)=O)Nc1c(C)ccc(OCc2ccccc2)c1C.Cl. The normalized spacial score (nSPS) is 10.6. The number of aliphatic imine (C=N–C) groups is 1. The second-order valence-corrected chi connectivity index (χ2v) is 5.34. The lowest BCUT2D eigenvalue weighted by molar-refractivity contribution is 0.253. The van der Waals surface area contributed by atoms with E-state index in [4.69, 9.17) is 10.5 Å². The number of rotatable bonds is 4. The Balaban J connectivity index is 0.00000312. The highest BCUT2D eigenvalue weighted by Crippen LogP contribution is 2.29. The van der Waals surface area contributed by atoms with Crippen molar-refractivity contribution in [1.29, 1.82) is 0 Å². The number of primary amides is 1. The maximum Gasteiger partial charge on any atom is 0.318 e. The number of carbonyl (C=O) groups excluding carboxylic acids is 1. The summed E-state index contributed by atoms with van der Waals surface area (Å²) in [6.45, 7) is 4.40. The van der Waals surface area contributed by atoms with E-state index in [-0.39, 0.29) is 18.4 Å². The third-order valence-electron chi connectivity index (χ3n) is 3.57. The average molecular weight is 363 g/mol. The quantitative estimate of drug-likeness (QED) is 0.575. The first-order chi connectivity index (χ1) is 11.5. The molecule has 25 heavy (non-hydrogen) atoms. The molecule has 0 heterocycles. The van der Waals surface area contributed by atoms with E-state index in [2.05, 4.69) is 15.6 Å². The number of carbonyl (C=O) groups is 1. The Labute approximate surface area is 153 Å². The molecule has 0 saturated heterocycles. The van der Waals surface area contributed by atoms with Crippen LogP contribution in [0.5, 0.6) is 5.75 Å². The smallest absolute Gasteiger partial charge is 0.318 e. The topological polar surface area (TPSA) is 88.7 Å². The third-order valence-corrected chi connectivity index (χ3v) is 3.57. The molecule has 0 radical (unpaired) electrons. The summed E-state index contributed by atoms with van der Waals surface area (Å²) in [5, 5.41) is 5.54. The van der Waals surface area contributed by atoms with E-state index < -0.39 is 6.03 Å². The van der Waals surface area contributed by atoms with Crippen LogP contribution in [-0.4, -0.2) is 19.0 Å². The van der Waals surface area contributed by atoms with Gasteiger partial charge in [-0.15, -0.1) is 12.4 Å². The van der Waals surface area contributed by atoms with E-state index in [1.165, 1.54) is 0 Å². The lowest BCUT2D eigenvalue weighted by atomic mass is 10.1. The van der Waals surface area contributed by atoms with Crippen LogP contribution in [0.1, 0.15) is 16.7 Å². The van der Waals surface area contributed by atoms with Crippen molar-refractivity contribution in [3.8, 4) is 5.75 Å². The first-order valence-electron chi connectivity index (χ1n) is 7.58. The maximum absolute atomic E-state index is 11.0. The molecule has 0 fully saturated rings. The first kappa shape index (κ1) is 20.3. The number of guanidine groups is 1. The van der Waals surface area contributed by atoms with Crippen molar-refractivity contribution in [2.75, 3.05) is 12.4 Å². The molecule has 0 aliphatic carbocycles. The van der Waals surface area contributed by atoms with E-state index in [9.17, 15) is 4.79 Å². The molecular formula is C18H23ClN4O2. The Hall–Kier alpha value is -2.73. The van der Waals surface area contributed by atoms with Crippen molar-refractivity contribution >= 4 is 30.1 Å². The molecule has 6 nitrogen and oxygen atoms in total. The minimum atomic E-state index is -0.671. The fourth-order valence-corrected chi connectivity index (χ4v) is 2.29. The summed E-state index contributed by atoms with van der Waals surface area (Å²) in [7, 11) is 1.57. The summed E-state index contributed by atoms with van der Waals surface area (Å²) < 4.78 is 5.92. The van der Waals surface area contributed by atoms with Crippen LogP contribution in [0.3, 0.4) is 0 Å². The summed E-state index contributed by atoms with van der Waals surface area (Å²) in [5.41, 5.74) is 9.00. The van der Waals surface area contributed by atoms with Gasteiger partial charge in [-0.1, -0.05) is 36.4 Å². The van der Waals surface area contributed by atoms with E-state index in [0.717, 1.165) is 28.1 Å². The number of hydrogen-bond donors (Lipinski definition) is 3. The number of nitrogens with zero attached hydrogens (tertiary/aromatic N) is 1. The van der Waals surface area contributed by atoms with Crippen LogP contribution in [-0.2, 0) is 6.61 Å². The molecule has 2 amide bonds. The van der Waals surface area contributed by atoms with Crippen LogP contribution in [0.15, 0.2) is 47.5 Å². The molecule has 2 rings (SSSR count). The summed E-state index contributed by atoms with van der Waals surface area (Å²) in [4.78, 5) is 15.0. The van der Waals surface area contributed by atoms with Gasteiger partial charge in [0.05, 0.1) is 5.69 Å². The highest BCUT2D eigenvalue weighted by atomic mass is 35.5. The Morgan fingerprint density at radius 3 is 2.44 bits per heavy atom. The standard InChI is InChI=1S/C18H22N4O2.ClH/c1-12-9-10-15(24-11-14-7-5-4-6-8-14)13(2)16(12)21-18(20-3)22-17(19)23;/h4-10H,11H2,1-3H3,(H4,19,20,21,22,23);1H. The predicted octanol–water partition coefficient (Wildman–Crippen LogP) is 3.37. The number of hydrogen-bond acceptors (Lipinski definition) is 3. The second kappa shape index (κ2) is 9.54. The zero-order valence-electron chi connectivity index (χ0n) is 14.5. The molecule has 0 bridgehead atoms. The summed E-state index contributed by atoms with van der Waals surface area (Å²) in [6, 6.07) is 13.2. The van der Waals surface area contributed by atoms with E-state index >= 15 is 0 Å². The van der Waals surface area contributed by atoms with Gasteiger partial charge in [0.1, 0.15) is 12.4 Å². The molecule has 0 unspecified atom stereocenters. The Morgan fingerprint density at radius 1 is 1.16 bits per heavy atom. The molecule has 134 valence electrons. The third kappa shape index (κ3) is 5.69. The molecule has 0 spiro atoms. The van der Waals surface area contributed by atoms with Crippen molar-refractivity contribution in [3.63, 3.8) is 0 Å². The number of nitrogens with one attached hydrogen (secondary N) is 2. The zero-order chi connectivity index (χ0) is 17.5. The molecule has 7 heteroatoms.